The zero-order chi connectivity index (χ0) is 25.8. The Balaban J connectivity index is 1.10. The van der Waals surface area contributed by atoms with Crippen molar-refractivity contribution in [1.29, 1.82) is 0 Å². The fourth-order valence-corrected chi connectivity index (χ4v) is 10.3. The highest BCUT2D eigenvalue weighted by atomic mass is 35.5. The molecule has 8 heteroatoms. The molecule has 1 saturated heterocycles. The standard InChI is InChI=1S/C29H34Cl2N2O3S/c30-26-4-1-5-27(31)25(26)18-37(35,36)33-10-2-3-22(17-33)28(34)32-24-8-6-23(7-9-24)29-14-19-11-20(15-29)13-21(12-19)16-29/h1,4-9,19-22H,2-3,10-18H2,(H,32,34)/t19?,20?,21?,22-,29?/m1/s1. The van der Waals surface area contributed by atoms with Gasteiger partial charge < -0.3 is 5.32 Å². The number of hydrogen-bond acceptors (Lipinski definition) is 3. The van der Waals surface area contributed by atoms with Crippen LogP contribution in [0.15, 0.2) is 42.5 Å². The zero-order valence-electron chi connectivity index (χ0n) is 21.0. The maximum atomic E-state index is 13.2. The topological polar surface area (TPSA) is 66.5 Å². The Kier molecular flexibility index (Phi) is 6.84. The summed E-state index contributed by atoms with van der Waals surface area (Å²) < 4.78 is 27.7. The fraction of sp³-hybridized carbons (Fsp3) is 0.552. The largest absolute Gasteiger partial charge is 0.326 e. The van der Waals surface area contributed by atoms with E-state index in [-0.39, 0.29) is 18.2 Å². The molecule has 4 aliphatic carbocycles. The first kappa shape index (κ1) is 25.7. The van der Waals surface area contributed by atoms with E-state index >= 15 is 0 Å². The quantitative estimate of drug-likeness (QED) is 0.430. The van der Waals surface area contributed by atoms with Gasteiger partial charge in [-0.3, -0.25) is 4.79 Å². The molecule has 0 radical (unpaired) electrons. The van der Waals surface area contributed by atoms with Crippen molar-refractivity contribution >= 4 is 44.8 Å². The van der Waals surface area contributed by atoms with Gasteiger partial charge in [0.25, 0.3) is 0 Å². The molecule has 1 aliphatic heterocycles. The van der Waals surface area contributed by atoms with Crippen molar-refractivity contribution in [2.45, 2.75) is 62.5 Å². The summed E-state index contributed by atoms with van der Waals surface area (Å²) in [6.45, 7) is 0.565. The Hall–Kier alpha value is -1.60. The minimum atomic E-state index is -3.66. The number of carbonyl (C=O) groups is 1. The van der Waals surface area contributed by atoms with Crippen molar-refractivity contribution in [3.05, 3.63) is 63.6 Å². The second-order valence-corrected chi connectivity index (χ2v) is 14.7. The van der Waals surface area contributed by atoms with Crippen LogP contribution in [0.25, 0.3) is 0 Å². The number of halogens is 2. The molecule has 7 rings (SSSR count). The lowest BCUT2D eigenvalue weighted by Gasteiger charge is -2.57. The molecule has 0 aromatic heterocycles. The number of carbonyl (C=O) groups excluding carboxylic acids is 1. The lowest BCUT2D eigenvalue weighted by molar-refractivity contribution is -0.120. The molecule has 5 fully saturated rings. The van der Waals surface area contributed by atoms with Gasteiger partial charge in [0.2, 0.25) is 15.9 Å². The molecule has 2 aromatic carbocycles. The Morgan fingerprint density at radius 2 is 1.54 bits per heavy atom. The Labute approximate surface area is 230 Å². The van der Waals surface area contributed by atoms with E-state index in [1.807, 2.05) is 12.1 Å². The van der Waals surface area contributed by atoms with E-state index in [0.717, 1.165) is 23.4 Å². The molecule has 198 valence electrons. The van der Waals surface area contributed by atoms with E-state index in [0.29, 0.717) is 40.4 Å². The SMILES string of the molecule is O=C(Nc1ccc(C23CC4CC(CC(C4)C2)C3)cc1)[C@@H]1CCCN(S(=O)(=O)Cc2c(Cl)cccc2Cl)C1. The van der Waals surface area contributed by atoms with Gasteiger partial charge >= 0.3 is 0 Å². The summed E-state index contributed by atoms with van der Waals surface area (Å²) in [4.78, 5) is 13.1. The van der Waals surface area contributed by atoms with Gasteiger partial charge in [-0.15, -0.1) is 0 Å². The zero-order valence-corrected chi connectivity index (χ0v) is 23.3. The molecule has 4 bridgehead atoms. The van der Waals surface area contributed by atoms with Gasteiger partial charge in [0.05, 0.1) is 11.7 Å². The van der Waals surface area contributed by atoms with Crippen LogP contribution in [0.1, 0.15) is 62.5 Å². The summed E-state index contributed by atoms with van der Waals surface area (Å²) in [5, 5.41) is 3.72. The number of hydrogen-bond donors (Lipinski definition) is 1. The third-order valence-corrected chi connectivity index (χ3v) is 11.8. The van der Waals surface area contributed by atoms with Crippen molar-refractivity contribution in [1.82, 2.24) is 4.31 Å². The van der Waals surface area contributed by atoms with Crippen LogP contribution < -0.4 is 5.32 Å². The lowest BCUT2D eigenvalue weighted by Crippen LogP contribution is -2.48. The first-order chi connectivity index (χ1) is 17.7. The number of sulfonamides is 1. The van der Waals surface area contributed by atoms with E-state index in [1.54, 1.807) is 18.2 Å². The summed E-state index contributed by atoms with van der Waals surface area (Å²) in [7, 11) is -3.66. The summed E-state index contributed by atoms with van der Waals surface area (Å²) in [6, 6.07) is 13.5. The highest BCUT2D eigenvalue weighted by molar-refractivity contribution is 7.88. The number of nitrogens with zero attached hydrogens (tertiary/aromatic N) is 1. The average molecular weight is 562 g/mol. The van der Waals surface area contributed by atoms with Gasteiger partial charge in [-0.2, -0.15) is 0 Å². The van der Waals surface area contributed by atoms with Gasteiger partial charge in [-0.25, -0.2) is 12.7 Å². The van der Waals surface area contributed by atoms with Crippen molar-refractivity contribution in [3.8, 4) is 0 Å². The molecule has 37 heavy (non-hydrogen) atoms. The van der Waals surface area contributed by atoms with Crippen LogP contribution in [0.3, 0.4) is 0 Å². The molecule has 0 spiro atoms. The van der Waals surface area contributed by atoms with Crippen LogP contribution in [0.2, 0.25) is 10.0 Å². The van der Waals surface area contributed by atoms with Crippen LogP contribution in [-0.2, 0) is 26.0 Å². The summed E-state index contributed by atoms with van der Waals surface area (Å²) in [5.74, 6) is 1.89. The average Bonchev–Trinajstić information content (AvgIpc) is 2.86. The number of anilines is 1. The van der Waals surface area contributed by atoms with Gasteiger partial charge in [-0.05, 0) is 104 Å². The van der Waals surface area contributed by atoms with Gasteiger partial charge in [0, 0.05) is 34.4 Å². The van der Waals surface area contributed by atoms with Crippen LogP contribution in [0.4, 0.5) is 5.69 Å². The molecule has 5 aliphatic rings. The van der Waals surface area contributed by atoms with Gasteiger partial charge in [0.1, 0.15) is 0 Å². The normalized spacial score (nSPS) is 31.4. The van der Waals surface area contributed by atoms with Crippen LogP contribution in [0.5, 0.6) is 0 Å². The fourth-order valence-electron chi connectivity index (χ4n) is 7.97. The minimum Gasteiger partial charge on any atom is -0.326 e. The molecule has 4 saturated carbocycles. The Morgan fingerprint density at radius 1 is 0.946 bits per heavy atom. The molecule has 5 nitrogen and oxygen atoms in total. The number of piperidine rings is 1. The highest BCUT2D eigenvalue weighted by Crippen LogP contribution is 2.60. The smallest absolute Gasteiger partial charge is 0.228 e. The molecular weight excluding hydrogens is 527 g/mol. The number of rotatable bonds is 6. The van der Waals surface area contributed by atoms with E-state index < -0.39 is 15.9 Å². The Bertz CT molecular complexity index is 1240. The van der Waals surface area contributed by atoms with Crippen LogP contribution in [-0.4, -0.2) is 31.7 Å². The minimum absolute atomic E-state index is 0.127. The lowest BCUT2D eigenvalue weighted by atomic mass is 9.48. The van der Waals surface area contributed by atoms with Gasteiger partial charge in [-0.1, -0.05) is 41.4 Å². The predicted molar refractivity (Wildman–Crippen MR) is 148 cm³/mol. The number of amides is 1. The van der Waals surface area contributed by atoms with E-state index in [9.17, 15) is 13.2 Å². The van der Waals surface area contributed by atoms with E-state index in [4.69, 9.17) is 23.2 Å². The van der Waals surface area contributed by atoms with Crippen LogP contribution >= 0.6 is 23.2 Å². The van der Waals surface area contributed by atoms with E-state index in [1.165, 1.54) is 48.4 Å². The van der Waals surface area contributed by atoms with Crippen LogP contribution in [0, 0.1) is 23.7 Å². The summed E-state index contributed by atoms with van der Waals surface area (Å²) in [6.07, 6.45) is 9.52. The molecule has 0 unspecified atom stereocenters. The summed E-state index contributed by atoms with van der Waals surface area (Å²) in [5.41, 5.74) is 2.94. The van der Waals surface area contributed by atoms with Crippen molar-refractivity contribution in [3.63, 3.8) is 0 Å². The maximum Gasteiger partial charge on any atom is 0.228 e. The molecule has 1 atom stereocenters. The second kappa shape index (κ2) is 9.86. The number of benzene rings is 2. The maximum absolute atomic E-state index is 13.2. The highest BCUT2D eigenvalue weighted by Gasteiger charge is 2.51. The van der Waals surface area contributed by atoms with Crippen molar-refractivity contribution in [2.75, 3.05) is 18.4 Å². The number of nitrogens with one attached hydrogen (secondary N) is 1. The molecule has 2 aromatic rings. The summed E-state index contributed by atoms with van der Waals surface area (Å²) >= 11 is 12.4. The monoisotopic (exact) mass is 560 g/mol. The van der Waals surface area contributed by atoms with E-state index in [2.05, 4.69) is 17.4 Å². The third-order valence-electron chi connectivity index (χ3n) is 9.34. The second-order valence-electron chi connectivity index (χ2n) is 11.9. The molecular formula is C29H34Cl2N2O3S. The third kappa shape index (κ3) is 5.07. The van der Waals surface area contributed by atoms with Crippen molar-refractivity contribution < 1.29 is 13.2 Å². The van der Waals surface area contributed by atoms with Crippen molar-refractivity contribution in [2.24, 2.45) is 23.7 Å². The molecule has 1 N–H and O–H groups in total. The van der Waals surface area contributed by atoms with Gasteiger partial charge in [0.15, 0.2) is 0 Å². The Morgan fingerprint density at radius 3 is 2.14 bits per heavy atom. The first-order valence-corrected chi connectivity index (χ1v) is 15.9. The predicted octanol–water partition coefficient (Wildman–Crippen LogP) is 6.64. The molecule has 1 amide bonds. The first-order valence-electron chi connectivity index (χ1n) is 13.5. The molecule has 1 heterocycles.